The van der Waals surface area contributed by atoms with Gasteiger partial charge in [0.05, 0.1) is 0 Å². The Balaban J connectivity index is 2.69. The monoisotopic (exact) mass is 227 g/mol. The molecule has 0 spiro atoms. The van der Waals surface area contributed by atoms with Gasteiger partial charge in [-0.1, -0.05) is 26.3 Å². The summed E-state index contributed by atoms with van der Waals surface area (Å²) in [5.41, 5.74) is 0.215. The van der Waals surface area contributed by atoms with Crippen LogP contribution in [0.25, 0.3) is 0 Å². The van der Waals surface area contributed by atoms with Crippen LogP contribution in [0.5, 0.6) is 0 Å². The lowest BCUT2D eigenvalue weighted by Crippen LogP contribution is -2.24. The van der Waals surface area contributed by atoms with Crippen LogP contribution in [-0.2, 0) is 6.42 Å². The van der Waals surface area contributed by atoms with E-state index < -0.39 is 11.6 Å². The predicted molar refractivity (Wildman–Crippen MR) is 62.4 cm³/mol. The molecule has 0 saturated heterocycles. The molecule has 1 nitrogen and oxygen atoms in total. The smallest absolute Gasteiger partial charge is 0.129 e. The molecule has 0 saturated carbocycles. The van der Waals surface area contributed by atoms with Crippen molar-refractivity contribution in [3.05, 3.63) is 35.4 Å². The summed E-state index contributed by atoms with van der Waals surface area (Å²) in [6.07, 6.45) is 1.38. The molecule has 0 heterocycles. The standard InChI is InChI=1S/C13H19F2N/c1-3-10(9-16-4-2)8-11-12(14)6-5-7-13(11)15/h5-7,10,16H,3-4,8-9H2,1-2H3. The van der Waals surface area contributed by atoms with Crippen molar-refractivity contribution in [1.29, 1.82) is 0 Å². The second kappa shape index (κ2) is 6.59. The Morgan fingerprint density at radius 2 is 1.81 bits per heavy atom. The van der Waals surface area contributed by atoms with E-state index in [-0.39, 0.29) is 11.5 Å². The second-order valence-electron chi connectivity index (χ2n) is 3.99. The summed E-state index contributed by atoms with van der Waals surface area (Å²) in [7, 11) is 0. The fourth-order valence-electron chi connectivity index (χ4n) is 1.73. The lowest BCUT2D eigenvalue weighted by Gasteiger charge is -2.16. The van der Waals surface area contributed by atoms with Crippen molar-refractivity contribution < 1.29 is 8.78 Å². The van der Waals surface area contributed by atoms with Crippen molar-refractivity contribution in [1.82, 2.24) is 5.32 Å². The van der Waals surface area contributed by atoms with Crippen LogP contribution in [0.4, 0.5) is 8.78 Å². The lowest BCUT2D eigenvalue weighted by molar-refractivity contribution is 0.443. The van der Waals surface area contributed by atoms with Gasteiger partial charge in [0.1, 0.15) is 11.6 Å². The summed E-state index contributed by atoms with van der Waals surface area (Å²) < 4.78 is 26.8. The Morgan fingerprint density at radius 3 is 2.31 bits per heavy atom. The highest BCUT2D eigenvalue weighted by Gasteiger charge is 2.13. The Bertz CT molecular complexity index is 305. The molecule has 0 radical (unpaired) electrons. The van der Waals surface area contributed by atoms with Crippen LogP contribution in [-0.4, -0.2) is 13.1 Å². The average Bonchev–Trinajstić information content (AvgIpc) is 2.28. The van der Waals surface area contributed by atoms with E-state index >= 15 is 0 Å². The molecule has 0 fully saturated rings. The molecular formula is C13H19F2N. The van der Waals surface area contributed by atoms with Gasteiger partial charge >= 0.3 is 0 Å². The number of nitrogens with one attached hydrogen (secondary N) is 1. The number of hydrogen-bond acceptors (Lipinski definition) is 1. The molecule has 1 rings (SSSR count). The Labute approximate surface area is 95.9 Å². The molecule has 0 aromatic heterocycles. The van der Waals surface area contributed by atoms with Gasteiger partial charge in [-0.25, -0.2) is 8.78 Å². The van der Waals surface area contributed by atoms with E-state index in [9.17, 15) is 8.78 Å². The predicted octanol–water partition coefficient (Wildman–Crippen LogP) is 3.14. The van der Waals surface area contributed by atoms with Gasteiger partial charge in [-0.15, -0.1) is 0 Å². The maximum absolute atomic E-state index is 13.4. The highest BCUT2D eigenvalue weighted by Crippen LogP contribution is 2.18. The molecule has 1 aromatic carbocycles. The number of halogens is 2. The first-order valence-corrected chi connectivity index (χ1v) is 5.82. The molecule has 0 amide bonds. The summed E-state index contributed by atoms with van der Waals surface area (Å²) in [5.74, 6) is -0.587. The molecule has 1 unspecified atom stereocenters. The van der Waals surface area contributed by atoms with Crippen LogP contribution >= 0.6 is 0 Å². The molecule has 1 N–H and O–H groups in total. The fourth-order valence-corrected chi connectivity index (χ4v) is 1.73. The number of benzene rings is 1. The van der Waals surface area contributed by atoms with Gasteiger partial charge in [-0.05, 0) is 37.6 Å². The van der Waals surface area contributed by atoms with Crippen LogP contribution in [0.2, 0.25) is 0 Å². The quantitative estimate of drug-likeness (QED) is 0.787. The van der Waals surface area contributed by atoms with E-state index in [4.69, 9.17) is 0 Å². The maximum atomic E-state index is 13.4. The van der Waals surface area contributed by atoms with Crippen LogP contribution in [0, 0.1) is 17.6 Å². The van der Waals surface area contributed by atoms with Crippen LogP contribution in [0.1, 0.15) is 25.8 Å². The Kier molecular flexibility index (Phi) is 5.39. The second-order valence-corrected chi connectivity index (χ2v) is 3.99. The third kappa shape index (κ3) is 3.56. The third-order valence-electron chi connectivity index (χ3n) is 2.81. The van der Waals surface area contributed by atoms with Crippen LogP contribution in [0.3, 0.4) is 0 Å². The van der Waals surface area contributed by atoms with Crippen molar-refractivity contribution >= 4 is 0 Å². The molecule has 16 heavy (non-hydrogen) atoms. The lowest BCUT2D eigenvalue weighted by atomic mass is 9.96. The highest BCUT2D eigenvalue weighted by atomic mass is 19.1. The van der Waals surface area contributed by atoms with E-state index in [2.05, 4.69) is 5.32 Å². The number of rotatable bonds is 6. The zero-order chi connectivity index (χ0) is 12.0. The Hall–Kier alpha value is -0.960. The fraction of sp³-hybridized carbons (Fsp3) is 0.538. The van der Waals surface area contributed by atoms with E-state index in [1.165, 1.54) is 18.2 Å². The SMILES string of the molecule is CCNCC(CC)Cc1c(F)cccc1F. The van der Waals surface area contributed by atoms with Crippen molar-refractivity contribution in [3.8, 4) is 0 Å². The molecule has 1 aromatic rings. The first-order valence-electron chi connectivity index (χ1n) is 5.82. The number of hydrogen-bond donors (Lipinski definition) is 1. The van der Waals surface area contributed by atoms with Gasteiger partial charge in [0.2, 0.25) is 0 Å². The van der Waals surface area contributed by atoms with Gasteiger partial charge in [0.25, 0.3) is 0 Å². The average molecular weight is 227 g/mol. The van der Waals surface area contributed by atoms with Crippen molar-refractivity contribution in [3.63, 3.8) is 0 Å². The van der Waals surface area contributed by atoms with E-state index in [0.717, 1.165) is 19.5 Å². The minimum atomic E-state index is -0.435. The molecule has 0 aliphatic carbocycles. The first kappa shape index (κ1) is 13.1. The summed E-state index contributed by atoms with van der Waals surface area (Å²) in [6, 6.07) is 4.04. The highest BCUT2D eigenvalue weighted by molar-refractivity contribution is 5.20. The van der Waals surface area contributed by atoms with Crippen molar-refractivity contribution in [2.45, 2.75) is 26.7 Å². The van der Waals surface area contributed by atoms with Gasteiger partial charge in [0, 0.05) is 5.56 Å². The largest absolute Gasteiger partial charge is 0.317 e. The van der Waals surface area contributed by atoms with Gasteiger partial charge in [-0.3, -0.25) is 0 Å². The van der Waals surface area contributed by atoms with Crippen LogP contribution < -0.4 is 5.32 Å². The van der Waals surface area contributed by atoms with E-state index in [1.807, 2.05) is 13.8 Å². The normalized spacial score (nSPS) is 12.8. The van der Waals surface area contributed by atoms with Gasteiger partial charge in [0.15, 0.2) is 0 Å². The molecule has 3 heteroatoms. The minimum Gasteiger partial charge on any atom is -0.317 e. The summed E-state index contributed by atoms with van der Waals surface area (Å²) >= 11 is 0. The molecular weight excluding hydrogens is 208 g/mol. The minimum absolute atomic E-state index is 0.215. The molecule has 0 aliphatic heterocycles. The van der Waals surface area contributed by atoms with Crippen molar-refractivity contribution in [2.75, 3.05) is 13.1 Å². The topological polar surface area (TPSA) is 12.0 Å². The zero-order valence-corrected chi connectivity index (χ0v) is 9.89. The maximum Gasteiger partial charge on any atom is 0.129 e. The zero-order valence-electron chi connectivity index (χ0n) is 9.89. The summed E-state index contributed by atoms with van der Waals surface area (Å²) in [4.78, 5) is 0. The van der Waals surface area contributed by atoms with Crippen molar-refractivity contribution in [2.24, 2.45) is 5.92 Å². The molecule has 0 aliphatic rings. The van der Waals surface area contributed by atoms with Gasteiger partial charge < -0.3 is 5.32 Å². The van der Waals surface area contributed by atoms with E-state index in [0.29, 0.717) is 6.42 Å². The Morgan fingerprint density at radius 1 is 1.19 bits per heavy atom. The van der Waals surface area contributed by atoms with Crippen LogP contribution in [0.15, 0.2) is 18.2 Å². The molecule has 90 valence electrons. The van der Waals surface area contributed by atoms with E-state index in [1.54, 1.807) is 0 Å². The molecule has 0 bridgehead atoms. The summed E-state index contributed by atoms with van der Waals surface area (Å²) in [5, 5.41) is 3.21. The summed E-state index contributed by atoms with van der Waals surface area (Å²) in [6.45, 7) is 5.76. The first-order chi connectivity index (χ1) is 7.69. The molecule has 1 atom stereocenters. The van der Waals surface area contributed by atoms with Gasteiger partial charge in [-0.2, -0.15) is 0 Å². The third-order valence-corrected chi connectivity index (χ3v) is 2.81.